The van der Waals surface area contributed by atoms with Gasteiger partial charge in [0.15, 0.2) is 5.89 Å². The topological polar surface area (TPSA) is 55.1 Å². The molecule has 1 N–H and O–H groups in total. The van der Waals surface area contributed by atoms with Gasteiger partial charge >= 0.3 is 0 Å². The van der Waals surface area contributed by atoms with Crippen molar-refractivity contribution < 1.29 is 9.21 Å². The number of nitrogens with one attached hydrogen (secondary N) is 1. The molecule has 4 heteroatoms. The number of oxazole rings is 1. The second-order valence-corrected chi connectivity index (χ2v) is 4.69. The first-order chi connectivity index (χ1) is 7.49. The Bertz CT molecular complexity index is 343. The molecule has 1 aromatic heterocycles. The molecule has 0 saturated carbocycles. The van der Waals surface area contributed by atoms with Crippen molar-refractivity contribution in [3.05, 3.63) is 17.8 Å². The highest BCUT2D eigenvalue weighted by atomic mass is 16.4. The smallest absolute Gasteiger partial charge is 0.227 e. The van der Waals surface area contributed by atoms with Crippen molar-refractivity contribution in [3.8, 4) is 0 Å². The van der Waals surface area contributed by atoms with Crippen LogP contribution in [0.4, 0.5) is 0 Å². The van der Waals surface area contributed by atoms with Gasteiger partial charge in [0.1, 0.15) is 5.76 Å². The normalized spacial score (nSPS) is 11.1. The molecule has 0 aliphatic carbocycles. The second-order valence-electron chi connectivity index (χ2n) is 4.69. The van der Waals surface area contributed by atoms with Gasteiger partial charge in [-0.3, -0.25) is 4.79 Å². The largest absolute Gasteiger partial charge is 0.445 e. The van der Waals surface area contributed by atoms with Crippen LogP contribution in [0.3, 0.4) is 0 Å². The Morgan fingerprint density at radius 1 is 1.44 bits per heavy atom. The van der Waals surface area contributed by atoms with Gasteiger partial charge in [0, 0.05) is 12.5 Å². The van der Waals surface area contributed by atoms with Gasteiger partial charge in [-0.25, -0.2) is 4.98 Å². The SMILES string of the molecule is CC(C)CNC(=O)Cc1cnc(C(C)C)o1. The van der Waals surface area contributed by atoms with E-state index in [4.69, 9.17) is 4.42 Å². The summed E-state index contributed by atoms with van der Waals surface area (Å²) in [4.78, 5) is 15.6. The lowest BCUT2D eigenvalue weighted by Crippen LogP contribution is -2.28. The van der Waals surface area contributed by atoms with E-state index < -0.39 is 0 Å². The van der Waals surface area contributed by atoms with Crippen molar-refractivity contribution in [2.45, 2.75) is 40.0 Å². The van der Waals surface area contributed by atoms with Crippen LogP contribution in [0.5, 0.6) is 0 Å². The summed E-state index contributed by atoms with van der Waals surface area (Å²) in [6.45, 7) is 8.84. The number of hydrogen-bond acceptors (Lipinski definition) is 3. The van der Waals surface area contributed by atoms with Crippen molar-refractivity contribution >= 4 is 5.91 Å². The maximum atomic E-state index is 11.5. The molecule has 90 valence electrons. The average molecular weight is 224 g/mol. The van der Waals surface area contributed by atoms with Gasteiger partial charge in [0.2, 0.25) is 5.91 Å². The molecule has 0 aromatic carbocycles. The summed E-state index contributed by atoms with van der Waals surface area (Å²) in [5.41, 5.74) is 0. The first-order valence-electron chi connectivity index (χ1n) is 5.70. The fourth-order valence-electron chi connectivity index (χ4n) is 1.21. The number of amides is 1. The van der Waals surface area contributed by atoms with E-state index in [1.54, 1.807) is 6.20 Å². The molecular weight excluding hydrogens is 204 g/mol. The van der Waals surface area contributed by atoms with Gasteiger partial charge in [-0.1, -0.05) is 27.7 Å². The number of carbonyl (C=O) groups excluding carboxylic acids is 1. The fourth-order valence-corrected chi connectivity index (χ4v) is 1.21. The zero-order chi connectivity index (χ0) is 12.1. The van der Waals surface area contributed by atoms with Crippen LogP contribution in [0.15, 0.2) is 10.6 Å². The van der Waals surface area contributed by atoms with E-state index in [1.165, 1.54) is 0 Å². The van der Waals surface area contributed by atoms with E-state index in [-0.39, 0.29) is 18.2 Å². The van der Waals surface area contributed by atoms with Crippen molar-refractivity contribution in [2.75, 3.05) is 6.54 Å². The van der Waals surface area contributed by atoms with Crippen molar-refractivity contribution in [3.63, 3.8) is 0 Å². The maximum Gasteiger partial charge on any atom is 0.227 e. The summed E-state index contributed by atoms with van der Waals surface area (Å²) >= 11 is 0. The standard InChI is InChI=1S/C12H20N2O2/c1-8(2)6-13-11(15)5-10-7-14-12(16-10)9(3)4/h7-9H,5-6H2,1-4H3,(H,13,15). The van der Waals surface area contributed by atoms with E-state index in [0.29, 0.717) is 24.1 Å². The average Bonchev–Trinajstić information content (AvgIpc) is 2.63. The Hall–Kier alpha value is -1.32. The summed E-state index contributed by atoms with van der Waals surface area (Å²) in [6.07, 6.45) is 1.90. The lowest BCUT2D eigenvalue weighted by Gasteiger charge is -2.05. The van der Waals surface area contributed by atoms with E-state index in [2.05, 4.69) is 24.1 Å². The third-order valence-electron chi connectivity index (χ3n) is 2.11. The molecule has 4 nitrogen and oxygen atoms in total. The zero-order valence-corrected chi connectivity index (χ0v) is 10.4. The summed E-state index contributed by atoms with van der Waals surface area (Å²) in [7, 11) is 0. The highest BCUT2D eigenvalue weighted by Crippen LogP contribution is 2.14. The quantitative estimate of drug-likeness (QED) is 0.833. The van der Waals surface area contributed by atoms with E-state index in [0.717, 1.165) is 0 Å². The minimum atomic E-state index is -0.0137. The summed E-state index contributed by atoms with van der Waals surface area (Å²) in [5.74, 6) is 2.02. The van der Waals surface area contributed by atoms with Gasteiger partial charge in [0.05, 0.1) is 12.6 Å². The highest BCUT2D eigenvalue weighted by molar-refractivity contribution is 5.77. The molecule has 0 fully saturated rings. The fraction of sp³-hybridized carbons (Fsp3) is 0.667. The van der Waals surface area contributed by atoms with E-state index >= 15 is 0 Å². The number of aromatic nitrogens is 1. The minimum Gasteiger partial charge on any atom is -0.445 e. The lowest BCUT2D eigenvalue weighted by molar-refractivity contribution is -0.120. The predicted octanol–water partition coefficient (Wildman–Crippen LogP) is 2.11. The molecule has 1 rings (SSSR count). The molecule has 0 spiro atoms. The molecule has 1 heterocycles. The van der Waals surface area contributed by atoms with Crippen LogP contribution in [-0.4, -0.2) is 17.4 Å². The Labute approximate surface area is 96.4 Å². The van der Waals surface area contributed by atoms with Gasteiger partial charge in [-0.15, -0.1) is 0 Å². The van der Waals surface area contributed by atoms with Gasteiger partial charge in [0.25, 0.3) is 0 Å². The van der Waals surface area contributed by atoms with Crippen molar-refractivity contribution in [1.29, 1.82) is 0 Å². The van der Waals surface area contributed by atoms with Crippen LogP contribution in [0.2, 0.25) is 0 Å². The predicted molar refractivity (Wildman–Crippen MR) is 62.1 cm³/mol. The third-order valence-corrected chi connectivity index (χ3v) is 2.11. The van der Waals surface area contributed by atoms with E-state index in [1.807, 2.05) is 13.8 Å². The Morgan fingerprint density at radius 3 is 2.62 bits per heavy atom. The van der Waals surface area contributed by atoms with Gasteiger partial charge in [-0.05, 0) is 5.92 Å². The summed E-state index contributed by atoms with van der Waals surface area (Å²) in [6, 6.07) is 0. The number of rotatable bonds is 5. The van der Waals surface area contributed by atoms with Crippen LogP contribution in [0.25, 0.3) is 0 Å². The Kier molecular flexibility index (Phi) is 4.52. The molecular formula is C12H20N2O2. The van der Waals surface area contributed by atoms with Gasteiger partial charge in [-0.2, -0.15) is 0 Å². The van der Waals surface area contributed by atoms with Gasteiger partial charge < -0.3 is 9.73 Å². The molecule has 0 atom stereocenters. The van der Waals surface area contributed by atoms with Crippen LogP contribution >= 0.6 is 0 Å². The molecule has 0 aliphatic rings. The summed E-state index contributed by atoms with van der Waals surface area (Å²) < 4.78 is 5.45. The first-order valence-corrected chi connectivity index (χ1v) is 5.70. The molecule has 0 saturated heterocycles. The molecule has 0 aliphatic heterocycles. The maximum absolute atomic E-state index is 11.5. The monoisotopic (exact) mass is 224 g/mol. The molecule has 1 aromatic rings. The highest BCUT2D eigenvalue weighted by Gasteiger charge is 2.11. The Morgan fingerprint density at radius 2 is 2.12 bits per heavy atom. The van der Waals surface area contributed by atoms with Crippen LogP contribution in [0, 0.1) is 5.92 Å². The zero-order valence-electron chi connectivity index (χ0n) is 10.4. The number of carbonyl (C=O) groups is 1. The molecule has 1 amide bonds. The molecule has 0 unspecified atom stereocenters. The Balaban J connectivity index is 2.43. The van der Waals surface area contributed by atoms with Crippen LogP contribution in [-0.2, 0) is 11.2 Å². The minimum absolute atomic E-state index is 0.0137. The van der Waals surface area contributed by atoms with Crippen molar-refractivity contribution in [2.24, 2.45) is 5.92 Å². The van der Waals surface area contributed by atoms with Crippen LogP contribution in [0.1, 0.15) is 45.3 Å². The second kappa shape index (κ2) is 5.68. The molecule has 16 heavy (non-hydrogen) atoms. The number of hydrogen-bond donors (Lipinski definition) is 1. The number of nitrogens with zero attached hydrogens (tertiary/aromatic N) is 1. The van der Waals surface area contributed by atoms with Crippen molar-refractivity contribution in [1.82, 2.24) is 10.3 Å². The third kappa shape index (κ3) is 4.04. The molecule has 0 bridgehead atoms. The first kappa shape index (κ1) is 12.7. The van der Waals surface area contributed by atoms with E-state index in [9.17, 15) is 4.79 Å². The van der Waals surface area contributed by atoms with Crippen LogP contribution < -0.4 is 5.32 Å². The lowest BCUT2D eigenvalue weighted by atomic mass is 10.2. The summed E-state index contributed by atoms with van der Waals surface area (Å²) in [5, 5.41) is 2.84. The molecule has 0 radical (unpaired) electrons.